The molecule has 22 heavy (non-hydrogen) atoms. The number of aliphatic carboxylic acids is 1. The van der Waals surface area contributed by atoms with Gasteiger partial charge in [-0.15, -0.1) is 0 Å². The zero-order valence-electron chi connectivity index (χ0n) is 11.8. The Morgan fingerprint density at radius 1 is 1.45 bits per heavy atom. The number of aliphatic hydroxyl groups excluding tert-OH is 1. The van der Waals surface area contributed by atoms with E-state index >= 15 is 0 Å². The van der Waals surface area contributed by atoms with Gasteiger partial charge < -0.3 is 0 Å². The number of carbonyl (C=O) groups excluding carboxylic acids is 2. The van der Waals surface area contributed by atoms with Crippen LogP contribution in [0.5, 0.6) is 0 Å². The van der Waals surface area contributed by atoms with Gasteiger partial charge in [0.05, 0.1) is 0 Å². The third-order valence-corrected chi connectivity index (χ3v) is 8.48. The SMILES string of the molecule is CNCCN(CC(=O)O)CC(=O)ON1C2C([C@@H]1O)I2OC=O. The molecule has 0 aliphatic carbocycles. The minimum absolute atomic E-state index is 0.0679. The number of hydroxylamine groups is 2. The fourth-order valence-electron chi connectivity index (χ4n) is 2.11. The summed E-state index contributed by atoms with van der Waals surface area (Å²) in [7, 11) is 1.72. The van der Waals surface area contributed by atoms with Crippen LogP contribution in [0.3, 0.4) is 0 Å². The Morgan fingerprint density at radius 2 is 2.18 bits per heavy atom. The van der Waals surface area contributed by atoms with E-state index in [1.807, 2.05) is 0 Å². The molecule has 2 fully saturated rings. The van der Waals surface area contributed by atoms with Gasteiger partial charge in [0.1, 0.15) is 0 Å². The van der Waals surface area contributed by atoms with Crippen LogP contribution in [0.4, 0.5) is 0 Å². The Kier molecular flexibility index (Phi) is 5.91. The fraction of sp³-hybridized carbons (Fsp3) is 0.727. The molecule has 2 aliphatic heterocycles. The molecular weight excluding hydrogens is 413 g/mol. The predicted molar refractivity (Wildman–Crippen MR) is 80.7 cm³/mol. The molecule has 3 atom stereocenters. The van der Waals surface area contributed by atoms with Crippen molar-refractivity contribution in [1.82, 2.24) is 15.3 Å². The Hall–Kier alpha value is -1.02. The second kappa shape index (κ2) is 7.50. The van der Waals surface area contributed by atoms with Crippen molar-refractivity contribution in [2.24, 2.45) is 0 Å². The molecule has 2 saturated heterocycles. The quantitative estimate of drug-likeness (QED) is 0.154. The number of nitrogens with zero attached hydrogens (tertiary/aromatic N) is 2. The van der Waals surface area contributed by atoms with Crippen LogP contribution in [0.15, 0.2) is 0 Å². The molecule has 2 unspecified atom stereocenters. The Bertz CT molecular complexity index is 451. The van der Waals surface area contributed by atoms with Crippen molar-refractivity contribution in [2.75, 3.05) is 33.2 Å². The Labute approximate surface area is 134 Å². The van der Waals surface area contributed by atoms with Gasteiger partial charge in [-0.3, -0.25) is 0 Å². The zero-order chi connectivity index (χ0) is 16.3. The average Bonchev–Trinajstić information content (AvgIpc) is 3.11. The second-order valence-corrected chi connectivity index (χ2v) is 9.71. The molecule has 11 heteroatoms. The summed E-state index contributed by atoms with van der Waals surface area (Å²) in [4.78, 5) is 39.4. The summed E-state index contributed by atoms with van der Waals surface area (Å²) in [6, 6.07) is 0. The van der Waals surface area contributed by atoms with Crippen LogP contribution in [0.2, 0.25) is 0 Å². The topological polar surface area (TPSA) is 129 Å². The van der Waals surface area contributed by atoms with Gasteiger partial charge in [0.15, 0.2) is 0 Å². The van der Waals surface area contributed by atoms with E-state index in [0.717, 1.165) is 5.06 Å². The summed E-state index contributed by atoms with van der Waals surface area (Å²) in [5.41, 5.74) is 0. The maximum absolute atomic E-state index is 11.9. The van der Waals surface area contributed by atoms with E-state index in [2.05, 4.69) is 5.32 Å². The number of aliphatic hydroxyl groups is 1. The first-order valence-corrected chi connectivity index (χ1v) is 9.90. The molecule has 0 bridgehead atoms. The first-order valence-electron chi connectivity index (χ1n) is 6.53. The van der Waals surface area contributed by atoms with E-state index in [4.69, 9.17) is 13.0 Å². The Morgan fingerprint density at radius 3 is 2.77 bits per heavy atom. The molecule has 2 heterocycles. The number of halogens is 1. The van der Waals surface area contributed by atoms with Crippen molar-refractivity contribution < 1.29 is 32.5 Å². The molecule has 0 aromatic heterocycles. The van der Waals surface area contributed by atoms with Crippen LogP contribution in [0.1, 0.15) is 0 Å². The van der Waals surface area contributed by atoms with Crippen LogP contribution in [-0.2, 0) is 22.3 Å². The molecule has 0 radical (unpaired) electrons. The number of fused-ring (bicyclic) bond motifs is 1. The fourth-order valence-corrected chi connectivity index (χ4v) is 7.39. The number of alkyl halides is 2. The van der Waals surface area contributed by atoms with Crippen LogP contribution >= 0.6 is 20.2 Å². The molecule has 0 amide bonds. The number of carbonyl (C=O) groups is 3. The third kappa shape index (κ3) is 3.84. The van der Waals surface area contributed by atoms with E-state index in [9.17, 15) is 19.5 Å². The molecule has 0 saturated carbocycles. The molecule has 2 rings (SSSR count). The number of likely N-dealkylation sites (N-methyl/N-ethyl adjacent to an activating group) is 1. The van der Waals surface area contributed by atoms with Gasteiger partial charge >= 0.3 is 134 Å². The van der Waals surface area contributed by atoms with Crippen LogP contribution in [-0.4, -0.2) is 86.0 Å². The monoisotopic (exact) mass is 431 g/mol. The van der Waals surface area contributed by atoms with E-state index in [-0.39, 0.29) is 21.1 Å². The first kappa shape index (κ1) is 17.3. The molecule has 2 aliphatic rings. The van der Waals surface area contributed by atoms with Crippen LogP contribution in [0, 0.1) is 0 Å². The number of carboxylic acid groups (broad SMARTS) is 1. The standard InChI is InChI=1S/C11H18IN3O7/c1-13-2-3-14(4-7(17)18)5-8(19)22-15-10-9(11(15)20)12(10)21-6-16/h6,9-11,13,20H,2-5H2,1H3,(H,17,18)/t9?,10?,11-/m0/s1. The third-order valence-electron chi connectivity index (χ3n) is 3.19. The van der Waals surface area contributed by atoms with E-state index in [0.29, 0.717) is 19.6 Å². The molecule has 0 aromatic rings. The van der Waals surface area contributed by atoms with Crippen LogP contribution in [0.25, 0.3) is 0 Å². The summed E-state index contributed by atoms with van der Waals surface area (Å²) < 4.78 is 4.67. The van der Waals surface area contributed by atoms with Crippen molar-refractivity contribution in [3.8, 4) is 0 Å². The summed E-state index contributed by atoms with van der Waals surface area (Å²) >= 11 is -2.01. The number of nitrogens with one attached hydrogen (secondary N) is 1. The number of hydrogen-bond donors (Lipinski definition) is 3. The van der Waals surface area contributed by atoms with Crippen molar-refractivity contribution in [3.63, 3.8) is 0 Å². The van der Waals surface area contributed by atoms with E-state index in [1.165, 1.54) is 4.90 Å². The van der Waals surface area contributed by atoms with Crippen LogP contribution < -0.4 is 5.32 Å². The molecule has 0 aromatic carbocycles. The van der Waals surface area contributed by atoms with Gasteiger partial charge in [-0.05, 0) is 0 Å². The Balaban J connectivity index is 1.79. The summed E-state index contributed by atoms with van der Waals surface area (Å²) in [5.74, 6) is -1.69. The summed E-state index contributed by atoms with van der Waals surface area (Å²) in [6.07, 6.45) is -0.927. The van der Waals surface area contributed by atoms with Crippen molar-refractivity contribution >= 4 is 38.6 Å². The van der Waals surface area contributed by atoms with E-state index < -0.39 is 38.4 Å². The predicted octanol–water partition coefficient (Wildman–Crippen LogP) is -2.01. The van der Waals surface area contributed by atoms with Gasteiger partial charge in [0.2, 0.25) is 0 Å². The average molecular weight is 431 g/mol. The number of carboxylic acids is 1. The van der Waals surface area contributed by atoms with Gasteiger partial charge in [0.25, 0.3) is 0 Å². The number of rotatable bonds is 10. The normalized spacial score (nSPS) is 27.8. The van der Waals surface area contributed by atoms with Gasteiger partial charge in [-0.1, -0.05) is 0 Å². The second-order valence-electron chi connectivity index (χ2n) is 4.75. The maximum atomic E-state index is 11.9. The first-order chi connectivity index (χ1) is 10.5. The van der Waals surface area contributed by atoms with Gasteiger partial charge in [0, 0.05) is 0 Å². The summed E-state index contributed by atoms with van der Waals surface area (Å²) in [6.45, 7) is 0.789. The van der Waals surface area contributed by atoms with Gasteiger partial charge in [-0.25, -0.2) is 0 Å². The van der Waals surface area contributed by atoms with Crippen molar-refractivity contribution in [3.05, 3.63) is 0 Å². The van der Waals surface area contributed by atoms with Crippen molar-refractivity contribution in [1.29, 1.82) is 0 Å². The molecule has 10 nitrogen and oxygen atoms in total. The van der Waals surface area contributed by atoms with E-state index in [1.54, 1.807) is 7.05 Å². The van der Waals surface area contributed by atoms with Gasteiger partial charge in [-0.2, -0.15) is 0 Å². The minimum atomic E-state index is -2.01. The molecular formula is C11H18IN3O7. The molecule has 126 valence electrons. The molecule has 0 spiro atoms. The number of hydrogen-bond acceptors (Lipinski definition) is 9. The zero-order valence-corrected chi connectivity index (χ0v) is 14.0. The summed E-state index contributed by atoms with van der Waals surface area (Å²) in [5, 5.41) is 22.6. The molecule has 3 N–H and O–H groups in total. The van der Waals surface area contributed by atoms with Crippen molar-refractivity contribution in [2.45, 2.75) is 14.2 Å².